The summed E-state index contributed by atoms with van der Waals surface area (Å²) in [4.78, 5) is 12.0. The highest BCUT2D eigenvalue weighted by Gasteiger charge is 2.26. The minimum absolute atomic E-state index is 0. The Morgan fingerprint density at radius 1 is 1.39 bits per heavy atom. The second kappa shape index (κ2) is 7.94. The molecule has 6 nitrogen and oxygen atoms in total. The second-order valence-electron chi connectivity index (χ2n) is 5.68. The number of sulfonamides is 1. The van der Waals surface area contributed by atoms with Gasteiger partial charge in [-0.05, 0) is 37.0 Å². The first-order valence-electron chi connectivity index (χ1n) is 7.07. The summed E-state index contributed by atoms with van der Waals surface area (Å²) >= 11 is 0. The van der Waals surface area contributed by atoms with Crippen LogP contribution in [0.25, 0.3) is 0 Å². The number of anilines is 2. The molecule has 0 aliphatic heterocycles. The Balaban J connectivity index is 0.00000264. The molecule has 0 aromatic heterocycles. The molecule has 0 unspecified atom stereocenters. The van der Waals surface area contributed by atoms with Gasteiger partial charge in [-0.25, -0.2) is 12.8 Å². The normalized spacial score (nSPS) is 20.7. The fourth-order valence-corrected chi connectivity index (χ4v) is 3.21. The highest BCUT2D eigenvalue weighted by atomic mass is 35.5. The number of nitrogens with two attached hydrogens (primary N) is 1. The summed E-state index contributed by atoms with van der Waals surface area (Å²) in [6, 6.07) is 3.78. The van der Waals surface area contributed by atoms with Crippen LogP contribution in [0.2, 0.25) is 0 Å². The number of carbonyl (C=O) groups is 1. The predicted molar refractivity (Wildman–Crippen MR) is 90.7 cm³/mol. The maximum absolute atomic E-state index is 13.6. The predicted octanol–water partition coefficient (Wildman–Crippen LogP) is 2.07. The molecule has 1 fully saturated rings. The largest absolute Gasteiger partial charge is 0.327 e. The lowest BCUT2D eigenvalue weighted by atomic mass is 10.00. The summed E-state index contributed by atoms with van der Waals surface area (Å²) < 4.78 is 38.0. The standard InChI is InChI=1S/C14H20FN3O3S.ClH/c1-22(20,21)18-13-8-10(5-6-11(13)15)17-14(19)7-9-3-2-4-12(9)16;/h5-6,8-9,12,18H,2-4,7,16H2,1H3,(H,17,19);1H/t9-,12+;/m0./s1. The van der Waals surface area contributed by atoms with E-state index in [1.54, 1.807) is 0 Å². The van der Waals surface area contributed by atoms with Gasteiger partial charge in [0.1, 0.15) is 5.82 Å². The van der Waals surface area contributed by atoms with E-state index in [1.807, 2.05) is 0 Å². The Hall–Kier alpha value is -1.38. The van der Waals surface area contributed by atoms with Crippen LogP contribution >= 0.6 is 12.4 Å². The van der Waals surface area contributed by atoms with Crippen molar-refractivity contribution in [3.05, 3.63) is 24.0 Å². The molecule has 0 saturated heterocycles. The molecule has 1 aliphatic carbocycles. The molecule has 1 aromatic carbocycles. The summed E-state index contributed by atoms with van der Waals surface area (Å²) in [5.74, 6) is -0.755. The van der Waals surface area contributed by atoms with Crippen LogP contribution < -0.4 is 15.8 Å². The third kappa shape index (κ3) is 5.96. The zero-order valence-corrected chi connectivity index (χ0v) is 14.3. The second-order valence-corrected chi connectivity index (χ2v) is 7.42. The summed E-state index contributed by atoms with van der Waals surface area (Å²) in [6.07, 6.45) is 4.13. The van der Waals surface area contributed by atoms with Crippen LogP contribution in [-0.4, -0.2) is 26.6 Å². The third-order valence-corrected chi connectivity index (χ3v) is 4.30. The molecule has 0 heterocycles. The van der Waals surface area contributed by atoms with E-state index in [9.17, 15) is 17.6 Å². The van der Waals surface area contributed by atoms with Gasteiger partial charge < -0.3 is 11.1 Å². The molecule has 1 amide bonds. The van der Waals surface area contributed by atoms with E-state index >= 15 is 0 Å². The van der Waals surface area contributed by atoms with Gasteiger partial charge in [-0.3, -0.25) is 9.52 Å². The maximum atomic E-state index is 13.6. The molecule has 2 rings (SSSR count). The molecule has 1 aliphatic rings. The summed E-state index contributed by atoms with van der Waals surface area (Å²) in [5.41, 5.74) is 6.07. The quantitative estimate of drug-likeness (QED) is 0.743. The van der Waals surface area contributed by atoms with Gasteiger partial charge in [-0.15, -0.1) is 12.4 Å². The Morgan fingerprint density at radius 2 is 2.09 bits per heavy atom. The molecule has 130 valence electrons. The van der Waals surface area contributed by atoms with Crippen molar-refractivity contribution in [3.63, 3.8) is 0 Å². The fourth-order valence-electron chi connectivity index (χ4n) is 2.65. The Kier molecular flexibility index (Phi) is 6.79. The Bertz CT molecular complexity index is 669. The smallest absolute Gasteiger partial charge is 0.229 e. The van der Waals surface area contributed by atoms with E-state index in [-0.39, 0.29) is 36.0 Å². The van der Waals surface area contributed by atoms with E-state index < -0.39 is 15.8 Å². The molecule has 1 aromatic rings. The minimum Gasteiger partial charge on any atom is -0.327 e. The van der Waals surface area contributed by atoms with Gasteiger partial charge in [0.15, 0.2) is 0 Å². The number of amides is 1. The molecule has 0 bridgehead atoms. The first-order chi connectivity index (χ1) is 10.2. The number of halogens is 2. The van der Waals surface area contributed by atoms with Crippen LogP contribution in [-0.2, 0) is 14.8 Å². The number of carbonyl (C=O) groups excluding carboxylic acids is 1. The molecular weight excluding hydrogens is 345 g/mol. The van der Waals surface area contributed by atoms with Gasteiger partial charge in [0, 0.05) is 18.2 Å². The van der Waals surface area contributed by atoms with Crippen molar-refractivity contribution in [1.82, 2.24) is 0 Å². The van der Waals surface area contributed by atoms with Crippen molar-refractivity contribution in [2.75, 3.05) is 16.3 Å². The average molecular weight is 366 g/mol. The van der Waals surface area contributed by atoms with E-state index in [2.05, 4.69) is 10.0 Å². The number of rotatable bonds is 5. The summed E-state index contributed by atoms with van der Waals surface area (Å²) in [7, 11) is -3.59. The fraction of sp³-hybridized carbons (Fsp3) is 0.500. The number of hydrogen-bond donors (Lipinski definition) is 3. The Labute approximate surface area is 141 Å². The highest BCUT2D eigenvalue weighted by molar-refractivity contribution is 7.92. The average Bonchev–Trinajstić information content (AvgIpc) is 2.77. The van der Waals surface area contributed by atoms with Crippen molar-refractivity contribution < 1.29 is 17.6 Å². The highest BCUT2D eigenvalue weighted by Crippen LogP contribution is 2.27. The van der Waals surface area contributed by atoms with Crippen LogP contribution in [0.5, 0.6) is 0 Å². The van der Waals surface area contributed by atoms with Crippen LogP contribution in [0, 0.1) is 11.7 Å². The van der Waals surface area contributed by atoms with Crippen molar-refractivity contribution in [1.29, 1.82) is 0 Å². The van der Waals surface area contributed by atoms with E-state index in [0.717, 1.165) is 31.6 Å². The number of hydrogen-bond acceptors (Lipinski definition) is 4. The summed E-state index contributed by atoms with van der Waals surface area (Å²) in [6.45, 7) is 0. The lowest BCUT2D eigenvalue weighted by Crippen LogP contribution is -2.28. The summed E-state index contributed by atoms with van der Waals surface area (Å²) in [5, 5.41) is 2.65. The Morgan fingerprint density at radius 3 is 2.65 bits per heavy atom. The SMILES string of the molecule is CS(=O)(=O)Nc1cc(NC(=O)C[C@@H]2CCC[C@H]2N)ccc1F.Cl. The van der Waals surface area contributed by atoms with Gasteiger partial charge in [0.25, 0.3) is 0 Å². The van der Waals surface area contributed by atoms with Crippen LogP contribution in [0.15, 0.2) is 18.2 Å². The van der Waals surface area contributed by atoms with Crippen molar-refractivity contribution in [2.45, 2.75) is 31.7 Å². The molecule has 0 radical (unpaired) electrons. The van der Waals surface area contributed by atoms with Crippen molar-refractivity contribution in [3.8, 4) is 0 Å². The lowest BCUT2D eigenvalue weighted by molar-refractivity contribution is -0.117. The van der Waals surface area contributed by atoms with Gasteiger partial charge >= 0.3 is 0 Å². The van der Waals surface area contributed by atoms with E-state index in [1.165, 1.54) is 12.1 Å². The van der Waals surface area contributed by atoms with Gasteiger partial charge in [-0.2, -0.15) is 0 Å². The number of nitrogens with one attached hydrogen (secondary N) is 2. The first kappa shape index (κ1) is 19.7. The molecule has 1 saturated carbocycles. The van der Waals surface area contributed by atoms with Crippen LogP contribution in [0.1, 0.15) is 25.7 Å². The van der Waals surface area contributed by atoms with Gasteiger partial charge in [0.05, 0.1) is 11.9 Å². The topological polar surface area (TPSA) is 101 Å². The molecule has 4 N–H and O–H groups in total. The molecule has 23 heavy (non-hydrogen) atoms. The molecule has 9 heteroatoms. The van der Waals surface area contributed by atoms with E-state index in [4.69, 9.17) is 5.73 Å². The van der Waals surface area contributed by atoms with Crippen molar-refractivity contribution in [2.24, 2.45) is 11.7 Å². The monoisotopic (exact) mass is 365 g/mol. The lowest BCUT2D eigenvalue weighted by Gasteiger charge is -2.15. The zero-order valence-electron chi connectivity index (χ0n) is 12.7. The van der Waals surface area contributed by atoms with Gasteiger partial charge in [0.2, 0.25) is 15.9 Å². The van der Waals surface area contributed by atoms with Crippen molar-refractivity contribution >= 4 is 39.7 Å². The first-order valence-corrected chi connectivity index (χ1v) is 8.96. The molecule has 0 spiro atoms. The minimum atomic E-state index is -3.59. The van der Waals surface area contributed by atoms with E-state index in [0.29, 0.717) is 12.1 Å². The molecule has 2 atom stereocenters. The van der Waals surface area contributed by atoms with Crippen LogP contribution in [0.4, 0.5) is 15.8 Å². The number of benzene rings is 1. The third-order valence-electron chi connectivity index (χ3n) is 3.71. The van der Waals surface area contributed by atoms with Gasteiger partial charge in [-0.1, -0.05) is 6.42 Å². The zero-order chi connectivity index (χ0) is 16.3. The maximum Gasteiger partial charge on any atom is 0.229 e. The van der Waals surface area contributed by atoms with Crippen LogP contribution in [0.3, 0.4) is 0 Å². The molecular formula is C14H21ClFN3O3S.